The first-order valence-corrected chi connectivity index (χ1v) is 10.1. The van der Waals surface area contributed by atoms with Crippen molar-refractivity contribution in [2.75, 3.05) is 5.32 Å². The molecule has 0 aliphatic carbocycles. The molecule has 6 heteroatoms. The third-order valence-electron chi connectivity index (χ3n) is 4.88. The molecule has 0 unspecified atom stereocenters. The Morgan fingerprint density at radius 2 is 1.81 bits per heavy atom. The zero-order valence-corrected chi connectivity index (χ0v) is 17.2. The molecule has 0 bridgehead atoms. The van der Waals surface area contributed by atoms with Crippen molar-refractivity contribution in [1.29, 1.82) is 0 Å². The first-order valence-electron chi connectivity index (χ1n) is 10.1. The molecule has 0 aliphatic rings. The molecular formula is C25H23N3O3. The molecule has 2 aromatic heterocycles. The van der Waals surface area contributed by atoms with Gasteiger partial charge in [-0.05, 0) is 42.7 Å². The topological polar surface area (TPSA) is 72.7 Å². The third kappa shape index (κ3) is 5.17. The van der Waals surface area contributed by atoms with Gasteiger partial charge in [-0.1, -0.05) is 48.5 Å². The maximum atomic E-state index is 12.4. The van der Waals surface area contributed by atoms with Crippen LogP contribution in [0.4, 0.5) is 5.69 Å². The van der Waals surface area contributed by atoms with Crippen molar-refractivity contribution < 1.29 is 9.53 Å². The van der Waals surface area contributed by atoms with Crippen LogP contribution in [-0.4, -0.2) is 15.3 Å². The number of nitrogens with one attached hydrogen (secondary N) is 1. The summed E-state index contributed by atoms with van der Waals surface area (Å²) in [4.78, 5) is 29.3. The van der Waals surface area contributed by atoms with E-state index in [2.05, 4.69) is 10.3 Å². The number of nitrogens with zero attached hydrogens (tertiary/aromatic N) is 2. The Morgan fingerprint density at radius 1 is 1.03 bits per heavy atom. The largest absolute Gasteiger partial charge is 0.485 e. The van der Waals surface area contributed by atoms with Crippen LogP contribution in [0.1, 0.15) is 23.2 Å². The molecule has 0 fully saturated rings. The molecular weight excluding hydrogens is 390 g/mol. The first-order chi connectivity index (χ1) is 15.1. The number of carbonyl (C=O) groups excluding carboxylic acids is 1. The van der Waals surface area contributed by atoms with Gasteiger partial charge >= 0.3 is 0 Å². The second kappa shape index (κ2) is 9.26. The van der Waals surface area contributed by atoms with E-state index < -0.39 is 0 Å². The van der Waals surface area contributed by atoms with E-state index in [9.17, 15) is 9.59 Å². The Hall–Kier alpha value is -3.93. The smallest absolute Gasteiger partial charge is 0.258 e. The molecule has 1 amide bonds. The lowest BCUT2D eigenvalue weighted by molar-refractivity contribution is -0.116. The minimum atomic E-state index is -0.158. The summed E-state index contributed by atoms with van der Waals surface area (Å²) >= 11 is 0. The number of carbonyl (C=O) groups is 1. The fraction of sp³-hybridized carbons (Fsp3) is 0.160. The van der Waals surface area contributed by atoms with Crippen LogP contribution >= 0.6 is 0 Å². The molecule has 0 atom stereocenters. The van der Waals surface area contributed by atoms with Crippen molar-refractivity contribution >= 4 is 17.2 Å². The van der Waals surface area contributed by atoms with Crippen LogP contribution in [-0.2, 0) is 17.8 Å². The molecule has 6 nitrogen and oxygen atoms in total. The predicted molar refractivity (Wildman–Crippen MR) is 120 cm³/mol. The summed E-state index contributed by atoms with van der Waals surface area (Å²) in [6.45, 7) is 2.05. The number of amides is 1. The number of para-hydroxylation sites is 2. The normalized spacial score (nSPS) is 10.7. The van der Waals surface area contributed by atoms with E-state index in [1.165, 1.54) is 10.5 Å². The van der Waals surface area contributed by atoms with Gasteiger partial charge < -0.3 is 10.1 Å². The lowest BCUT2D eigenvalue weighted by Crippen LogP contribution is -2.17. The summed E-state index contributed by atoms with van der Waals surface area (Å²) < 4.78 is 7.40. The summed E-state index contributed by atoms with van der Waals surface area (Å²) in [6.07, 6.45) is 2.80. The van der Waals surface area contributed by atoms with Gasteiger partial charge in [0.15, 0.2) is 0 Å². The first kappa shape index (κ1) is 20.3. The summed E-state index contributed by atoms with van der Waals surface area (Å²) in [7, 11) is 0. The molecule has 4 aromatic rings. The van der Waals surface area contributed by atoms with Gasteiger partial charge in [0.25, 0.3) is 5.56 Å². The number of benzene rings is 2. The lowest BCUT2D eigenvalue weighted by atomic mass is 10.1. The molecule has 0 aliphatic heterocycles. The summed E-state index contributed by atoms with van der Waals surface area (Å²) in [6, 6.07) is 22.3. The Labute approximate surface area is 180 Å². The minimum absolute atomic E-state index is 0.0858. The van der Waals surface area contributed by atoms with E-state index in [4.69, 9.17) is 4.74 Å². The van der Waals surface area contributed by atoms with Gasteiger partial charge in [-0.2, -0.15) is 0 Å². The SMILES string of the molecule is Cc1ccc2nc(COc3ccccc3NC(=O)CCc3ccccc3)cc(=O)n2c1. The Balaban J connectivity index is 1.43. The maximum absolute atomic E-state index is 12.4. The van der Waals surface area contributed by atoms with Gasteiger partial charge in [0.2, 0.25) is 5.91 Å². The van der Waals surface area contributed by atoms with Crippen molar-refractivity contribution in [3.05, 3.63) is 106 Å². The second-order valence-electron chi connectivity index (χ2n) is 7.34. The van der Waals surface area contributed by atoms with Crippen molar-refractivity contribution in [3.63, 3.8) is 0 Å². The van der Waals surface area contributed by atoms with E-state index in [0.29, 0.717) is 35.6 Å². The number of anilines is 1. The van der Waals surface area contributed by atoms with Crippen molar-refractivity contribution in [2.24, 2.45) is 0 Å². The summed E-state index contributed by atoms with van der Waals surface area (Å²) in [5.74, 6) is 0.443. The highest BCUT2D eigenvalue weighted by Gasteiger charge is 2.10. The van der Waals surface area contributed by atoms with E-state index in [-0.39, 0.29) is 18.1 Å². The van der Waals surface area contributed by atoms with Gasteiger partial charge in [0.05, 0.1) is 11.4 Å². The van der Waals surface area contributed by atoms with E-state index in [0.717, 1.165) is 11.1 Å². The highest BCUT2D eigenvalue weighted by molar-refractivity contribution is 5.92. The Kier molecular flexibility index (Phi) is 6.08. The molecule has 31 heavy (non-hydrogen) atoms. The number of ether oxygens (including phenoxy) is 1. The Bertz CT molecular complexity index is 1270. The number of aromatic nitrogens is 2. The maximum Gasteiger partial charge on any atom is 0.258 e. The average molecular weight is 413 g/mol. The van der Waals surface area contributed by atoms with Crippen LogP contribution < -0.4 is 15.6 Å². The number of fused-ring (bicyclic) bond motifs is 1. The molecule has 2 aromatic carbocycles. The van der Waals surface area contributed by atoms with E-state index in [1.54, 1.807) is 24.4 Å². The minimum Gasteiger partial charge on any atom is -0.485 e. The number of rotatable bonds is 7. The van der Waals surface area contributed by atoms with E-state index in [1.807, 2.05) is 55.5 Å². The van der Waals surface area contributed by atoms with Gasteiger partial charge in [0, 0.05) is 18.7 Å². The average Bonchev–Trinajstić information content (AvgIpc) is 2.78. The molecule has 0 saturated heterocycles. The van der Waals surface area contributed by atoms with Crippen LogP contribution in [0.5, 0.6) is 5.75 Å². The van der Waals surface area contributed by atoms with Crippen molar-refractivity contribution in [2.45, 2.75) is 26.4 Å². The van der Waals surface area contributed by atoms with Gasteiger partial charge in [-0.3, -0.25) is 14.0 Å². The van der Waals surface area contributed by atoms with Crippen LogP contribution in [0.15, 0.2) is 83.8 Å². The molecule has 4 rings (SSSR count). The molecule has 156 valence electrons. The Morgan fingerprint density at radius 3 is 2.65 bits per heavy atom. The van der Waals surface area contributed by atoms with Crippen LogP contribution in [0.2, 0.25) is 0 Å². The van der Waals surface area contributed by atoms with Crippen LogP contribution in [0.25, 0.3) is 5.65 Å². The zero-order chi connectivity index (χ0) is 21.6. The predicted octanol–water partition coefficient (Wildman–Crippen LogP) is 4.15. The number of aryl methyl sites for hydroxylation is 2. The highest BCUT2D eigenvalue weighted by Crippen LogP contribution is 2.25. The standard InChI is InChI=1S/C25H23N3O3/c1-18-11-13-23-26-20(15-25(30)28(23)16-18)17-31-22-10-6-5-9-21(22)27-24(29)14-12-19-7-3-2-4-8-19/h2-11,13,15-16H,12,14,17H2,1H3,(H,27,29). The zero-order valence-electron chi connectivity index (χ0n) is 17.2. The second-order valence-corrected chi connectivity index (χ2v) is 7.34. The quantitative estimate of drug-likeness (QED) is 0.494. The molecule has 0 saturated carbocycles. The lowest BCUT2D eigenvalue weighted by Gasteiger charge is -2.13. The number of hydrogen-bond acceptors (Lipinski definition) is 4. The van der Waals surface area contributed by atoms with Gasteiger partial charge in [-0.25, -0.2) is 4.98 Å². The van der Waals surface area contributed by atoms with Crippen molar-refractivity contribution in [1.82, 2.24) is 9.38 Å². The molecule has 0 spiro atoms. The van der Waals surface area contributed by atoms with Gasteiger partial charge in [-0.15, -0.1) is 0 Å². The summed E-state index contributed by atoms with van der Waals surface area (Å²) in [5.41, 5.74) is 3.63. The van der Waals surface area contributed by atoms with Gasteiger partial charge in [0.1, 0.15) is 18.0 Å². The monoisotopic (exact) mass is 413 g/mol. The summed E-state index contributed by atoms with van der Waals surface area (Å²) in [5, 5.41) is 2.91. The molecule has 1 N–H and O–H groups in total. The fourth-order valence-electron chi connectivity index (χ4n) is 3.29. The number of pyridine rings is 1. The molecule has 2 heterocycles. The van der Waals surface area contributed by atoms with Crippen molar-refractivity contribution in [3.8, 4) is 5.75 Å². The molecule has 0 radical (unpaired) electrons. The number of hydrogen-bond donors (Lipinski definition) is 1. The third-order valence-corrected chi connectivity index (χ3v) is 4.88. The fourth-order valence-corrected chi connectivity index (χ4v) is 3.29. The van der Waals surface area contributed by atoms with Crippen LogP contribution in [0.3, 0.4) is 0 Å². The van der Waals surface area contributed by atoms with Crippen LogP contribution in [0, 0.1) is 6.92 Å². The van der Waals surface area contributed by atoms with E-state index >= 15 is 0 Å². The highest BCUT2D eigenvalue weighted by atomic mass is 16.5.